The van der Waals surface area contributed by atoms with Gasteiger partial charge >= 0.3 is 5.69 Å². The molecule has 0 aliphatic rings. The number of rotatable bonds is 3. The second-order valence-electron chi connectivity index (χ2n) is 4.17. The van der Waals surface area contributed by atoms with Crippen LogP contribution in [0.5, 0.6) is 11.5 Å². The van der Waals surface area contributed by atoms with Gasteiger partial charge in [-0.25, -0.2) is 0 Å². The summed E-state index contributed by atoms with van der Waals surface area (Å²) in [6.07, 6.45) is 0. The van der Waals surface area contributed by atoms with Crippen molar-refractivity contribution in [2.45, 2.75) is 6.92 Å². The molecular formula is C15H15N2O2+. The molecule has 0 saturated heterocycles. The van der Waals surface area contributed by atoms with Crippen LogP contribution < -0.4 is 9.47 Å². The Bertz CT molecular complexity index is 645. The molecule has 4 heteroatoms. The van der Waals surface area contributed by atoms with Gasteiger partial charge in [-0.1, -0.05) is 12.1 Å². The third-order valence-corrected chi connectivity index (χ3v) is 3.03. The van der Waals surface area contributed by atoms with E-state index in [0.717, 1.165) is 22.4 Å². The molecule has 0 N–H and O–H groups in total. The number of nitrogens with zero attached hydrogens (tertiary/aromatic N) is 2. The van der Waals surface area contributed by atoms with Gasteiger partial charge < -0.3 is 9.47 Å². The summed E-state index contributed by atoms with van der Waals surface area (Å²) in [5, 5.41) is 8.85. The van der Waals surface area contributed by atoms with Crippen molar-refractivity contribution < 1.29 is 9.47 Å². The third kappa shape index (κ3) is 2.50. The molecule has 0 spiro atoms. The van der Waals surface area contributed by atoms with Gasteiger partial charge in [0.05, 0.1) is 14.2 Å². The smallest absolute Gasteiger partial charge is 0.426 e. The van der Waals surface area contributed by atoms with Gasteiger partial charge in [0.1, 0.15) is 5.75 Å². The van der Waals surface area contributed by atoms with Crippen molar-refractivity contribution in [1.29, 1.82) is 5.39 Å². The lowest BCUT2D eigenvalue weighted by molar-refractivity contribution is 0.412. The van der Waals surface area contributed by atoms with Crippen LogP contribution in [0, 0.1) is 12.3 Å². The lowest BCUT2D eigenvalue weighted by Crippen LogP contribution is -1.89. The highest BCUT2D eigenvalue weighted by Crippen LogP contribution is 2.34. The van der Waals surface area contributed by atoms with E-state index in [1.807, 2.05) is 37.3 Å². The quantitative estimate of drug-likeness (QED) is 0.773. The average molecular weight is 255 g/mol. The first-order valence-electron chi connectivity index (χ1n) is 5.87. The summed E-state index contributed by atoms with van der Waals surface area (Å²) in [7, 11) is 3.20. The molecule has 0 amide bonds. The molecule has 0 fully saturated rings. The van der Waals surface area contributed by atoms with Crippen molar-refractivity contribution in [3.8, 4) is 22.6 Å². The fourth-order valence-corrected chi connectivity index (χ4v) is 1.94. The van der Waals surface area contributed by atoms with Crippen LogP contribution in [-0.4, -0.2) is 14.2 Å². The molecule has 0 aliphatic heterocycles. The fraction of sp³-hybridized carbons (Fsp3) is 0.200. The van der Waals surface area contributed by atoms with Crippen LogP contribution in [0.1, 0.15) is 5.56 Å². The maximum atomic E-state index is 8.85. The summed E-state index contributed by atoms with van der Waals surface area (Å²) in [5.74, 6) is 1.37. The fourth-order valence-electron chi connectivity index (χ4n) is 1.94. The molecule has 0 aliphatic carbocycles. The van der Waals surface area contributed by atoms with Gasteiger partial charge in [0.15, 0.2) is 4.98 Å². The Kier molecular flexibility index (Phi) is 3.67. The summed E-state index contributed by atoms with van der Waals surface area (Å²) in [4.78, 5) is 3.17. The van der Waals surface area contributed by atoms with E-state index in [-0.39, 0.29) is 0 Å². The van der Waals surface area contributed by atoms with Crippen LogP contribution in [0.4, 0.5) is 5.69 Å². The third-order valence-electron chi connectivity index (χ3n) is 3.03. The number of aryl methyl sites for hydroxylation is 1. The molecule has 0 saturated carbocycles. The van der Waals surface area contributed by atoms with E-state index >= 15 is 0 Å². The van der Waals surface area contributed by atoms with E-state index in [4.69, 9.17) is 14.9 Å². The topological polar surface area (TPSA) is 46.6 Å². The molecule has 0 heterocycles. The highest BCUT2D eigenvalue weighted by molar-refractivity contribution is 5.72. The number of hydrogen-bond acceptors (Lipinski definition) is 3. The van der Waals surface area contributed by atoms with Crippen molar-refractivity contribution in [2.24, 2.45) is 0 Å². The zero-order valence-corrected chi connectivity index (χ0v) is 11.2. The summed E-state index contributed by atoms with van der Waals surface area (Å²) in [6, 6.07) is 11.4. The Morgan fingerprint density at radius 1 is 0.895 bits per heavy atom. The monoisotopic (exact) mass is 255 g/mol. The number of hydrogen-bond donors (Lipinski definition) is 0. The molecule has 2 aromatic carbocycles. The van der Waals surface area contributed by atoms with Crippen molar-refractivity contribution in [2.75, 3.05) is 14.2 Å². The molecule has 19 heavy (non-hydrogen) atoms. The molecule has 4 nitrogen and oxygen atoms in total. The van der Waals surface area contributed by atoms with Crippen LogP contribution in [0.25, 0.3) is 16.1 Å². The largest absolute Gasteiger partial charge is 0.496 e. The van der Waals surface area contributed by atoms with E-state index in [9.17, 15) is 0 Å². The Morgan fingerprint density at radius 2 is 1.47 bits per heavy atom. The van der Waals surface area contributed by atoms with Crippen molar-refractivity contribution in [3.05, 3.63) is 46.9 Å². The van der Waals surface area contributed by atoms with E-state index in [2.05, 4.69) is 4.98 Å². The van der Waals surface area contributed by atoms with E-state index in [1.165, 1.54) is 0 Å². The maximum Gasteiger partial charge on any atom is 0.426 e. The predicted molar refractivity (Wildman–Crippen MR) is 74.5 cm³/mol. The van der Waals surface area contributed by atoms with E-state index < -0.39 is 0 Å². The lowest BCUT2D eigenvalue weighted by Gasteiger charge is -2.08. The highest BCUT2D eigenvalue weighted by Gasteiger charge is 2.15. The second-order valence-corrected chi connectivity index (χ2v) is 4.17. The first-order valence-corrected chi connectivity index (χ1v) is 5.87. The molecular weight excluding hydrogens is 240 g/mol. The van der Waals surface area contributed by atoms with Crippen LogP contribution in [-0.2, 0) is 0 Å². The highest BCUT2D eigenvalue weighted by atomic mass is 16.5. The van der Waals surface area contributed by atoms with Crippen LogP contribution >= 0.6 is 0 Å². The number of diazo groups is 1. The minimum Gasteiger partial charge on any atom is -0.496 e. The summed E-state index contributed by atoms with van der Waals surface area (Å²) in [6.45, 7) is 2.00. The maximum absolute atomic E-state index is 8.85. The number of benzene rings is 2. The Hall–Kier alpha value is -2.54. The lowest BCUT2D eigenvalue weighted by atomic mass is 10.0. The summed E-state index contributed by atoms with van der Waals surface area (Å²) >= 11 is 0. The molecule has 0 bridgehead atoms. The molecule has 0 aromatic heterocycles. The van der Waals surface area contributed by atoms with Gasteiger partial charge in [-0.15, -0.1) is 0 Å². The van der Waals surface area contributed by atoms with E-state index in [0.29, 0.717) is 11.4 Å². The summed E-state index contributed by atoms with van der Waals surface area (Å²) < 4.78 is 10.5. The standard InChI is InChI=1S/C15H15N2O2/c1-10-4-5-11(8-14(10)18-2)12-6-7-13(17-16)15(9-12)19-3/h4-9H,1-3H3/q+1. The van der Waals surface area contributed by atoms with Crippen LogP contribution in [0.3, 0.4) is 0 Å². The minimum absolute atomic E-state index is 0.408. The SMILES string of the molecule is COc1cc(-c2ccc([N+]#N)c(OC)c2)ccc1C. The Balaban J connectivity index is 2.50. The van der Waals surface area contributed by atoms with Gasteiger partial charge in [-0.2, -0.15) is 0 Å². The van der Waals surface area contributed by atoms with Crippen molar-refractivity contribution in [1.82, 2.24) is 0 Å². The summed E-state index contributed by atoms with van der Waals surface area (Å²) in [5.41, 5.74) is 3.48. The predicted octanol–water partition coefficient (Wildman–Crippen LogP) is 4.16. The van der Waals surface area contributed by atoms with Crippen LogP contribution in [0.2, 0.25) is 0 Å². The number of methoxy groups -OCH3 is 2. The van der Waals surface area contributed by atoms with Gasteiger partial charge in [-0.3, -0.25) is 0 Å². The average Bonchev–Trinajstić information content (AvgIpc) is 2.47. The molecule has 0 unspecified atom stereocenters. The van der Waals surface area contributed by atoms with Crippen molar-refractivity contribution in [3.63, 3.8) is 0 Å². The van der Waals surface area contributed by atoms with Crippen LogP contribution in [0.15, 0.2) is 36.4 Å². The van der Waals surface area contributed by atoms with Gasteiger partial charge in [0, 0.05) is 6.07 Å². The minimum atomic E-state index is 0.408. The molecule has 0 radical (unpaired) electrons. The second kappa shape index (κ2) is 5.40. The molecule has 96 valence electrons. The zero-order chi connectivity index (χ0) is 13.8. The Labute approximate surface area is 112 Å². The van der Waals surface area contributed by atoms with Gasteiger partial charge in [0.2, 0.25) is 11.1 Å². The first-order chi connectivity index (χ1) is 9.19. The van der Waals surface area contributed by atoms with Crippen molar-refractivity contribution >= 4 is 5.69 Å². The van der Waals surface area contributed by atoms with Gasteiger partial charge in [-0.05, 0) is 41.8 Å². The molecule has 2 rings (SSSR count). The van der Waals surface area contributed by atoms with E-state index in [1.54, 1.807) is 20.3 Å². The zero-order valence-electron chi connectivity index (χ0n) is 11.2. The molecule has 0 atom stereocenters. The number of ether oxygens (including phenoxy) is 2. The Morgan fingerprint density at radius 3 is 2.05 bits per heavy atom. The molecule has 2 aromatic rings. The normalized spacial score (nSPS) is 9.79. The first kappa shape index (κ1) is 12.9. The van der Waals surface area contributed by atoms with Gasteiger partial charge in [0.25, 0.3) is 0 Å².